The molecule has 2 bridgehead atoms. The van der Waals surface area contributed by atoms with Crippen LogP contribution in [-0.4, -0.2) is 11.1 Å². The number of fused-ring (bicyclic) bond motifs is 2. The number of aliphatic carboxylic acids is 1. The molecule has 0 unspecified atom stereocenters. The Balaban J connectivity index is 2.00. The lowest BCUT2D eigenvalue weighted by atomic mass is 9.68. The zero-order chi connectivity index (χ0) is 8.55. The van der Waals surface area contributed by atoms with E-state index in [-0.39, 0.29) is 5.92 Å². The molecule has 68 valence electrons. The van der Waals surface area contributed by atoms with E-state index in [9.17, 15) is 4.79 Å². The maximum Gasteiger partial charge on any atom is 0.306 e. The summed E-state index contributed by atoms with van der Waals surface area (Å²) in [5.74, 6) is 0.887. The lowest BCUT2D eigenvalue weighted by Gasteiger charge is -2.37. The third-order valence-electron chi connectivity index (χ3n) is 3.48. The lowest BCUT2D eigenvalue weighted by Crippen LogP contribution is -2.30. The number of carboxylic acid groups (broad SMARTS) is 1. The molecule has 0 heterocycles. The van der Waals surface area contributed by atoms with Crippen LogP contribution in [0.15, 0.2) is 0 Å². The average molecular weight is 168 g/mol. The largest absolute Gasteiger partial charge is 0.481 e. The Labute approximate surface area is 73.0 Å². The van der Waals surface area contributed by atoms with Gasteiger partial charge < -0.3 is 5.11 Å². The van der Waals surface area contributed by atoms with E-state index < -0.39 is 5.97 Å². The molecular weight excluding hydrogens is 152 g/mol. The predicted molar refractivity (Wildman–Crippen MR) is 45.8 cm³/mol. The second kappa shape index (κ2) is 3.08. The van der Waals surface area contributed by atoms with Crippen LogP contribution < -0.4 is 0 Å². The standard InChI is InChI=1S/C10H16O2/c11-10(12)9-5-7-2-1-3-8(4-7)6-9/h7-9H,1-6H2,(H,11,12)/t7-,8-/m0/s1. The van der Waals surface area contributed by atoms with Crippen LogP contribution in [0.1, 0.15) is 38.5 Å². The highest BCUT2D eigenvalue weighted by Crippen LogP contribution is 2.42. The van der Waals surface area contributed by atoms with Gasteiger partial charge in [0.25, 0.3) is 0 Å². The number of carbonyl (C=O) groups is 1. The van der Waals surface area contributed by atoms with Crippen molar-refractivity contribution in [2.75, 3.05) is 0 Å². The molecule has 0 aromatic rings. The van der Waals surface area contributed by atoms with Gasteiger partial charge in [-0.2, -0.15) is 0 Å². The van der Waals surface area contributed by atoms with Crippen LogP contribution in [0.4, 0.5) is 0 Å². The SMILES string of the molecule is O=C(O)C1C[C@H]2CCC[C@H](C1)C2. The Morgan fingerprint density at radius 2 is 1.67 bits per heavy atom. The van der Waals surface area contributed by atoms with Gasteiger partial charge in [-0.05, 0) is 31.1 Å². The van der Waals surface area contributed by atoms with Crippen molar-refractivity contribution in [3.63, 3.8) is 0 Å². The Hall–Kier alpha value is -0.530. The molecular formula is C10H16O2. The molecule has 12 heavy (non-hydrogen) atoms. The first-order valence-electron chi connectivity index (χ1n) is 4.98. The van der Waals surface area contributed by atoms with Crippen molar-refractivity contribution >= 4 is 5.97 Å². The molecule has 0 amide bonds. The number of hydrogen-bond donors (Lipinski definition) is 1. The van der Waals surface area contributed by atoms with E-state index in [1.807, 2.05) is 0 Å². The summed E-state index contributed by atoms with van der Waals surface area (Å²) in [6.45, 7) is 0. The van der Waals surface area contributed by atoms with Gasteiger partial charge in [0.15, 0.2) is 0 Å². The summed E-state index contributed by atoms with van der Waals surface area (Å²) < 4.78 is 0. The Kier molecular flexibility index (Phi) is 2.07. The maximum atomic E-state index is 10.8. The highest BCUT2D eigenvalue weighted by Gasteiger charge is 2.34. The fourth-order valence-corrected chi connectivity index (χ4v) is 2.93. The predicted octanol–water partition coefficient (Wildman–Crippen LogP) is 2.29. The molecule has 2 saturated carbocycles. The summed E-state index contributed by atoms with van der Waals surface area (Å²) in [5, 5.41) is 8.89. The van der Waals surface area contributed by atoms with Crippen molar-refractivity contribution in [1.29, 1.82) is 0 Å². The number of carboxylic acids is 1. The molecule has 2 heteroatoms. The minimum atomic E-state index is -0.563. The summed E-state index contributed by atoms with van der Waals surface area (Å²) in [6, 6.07) is 0. The Morgan fingerprint density at radius 1 is 1.08 bits per heavy atom. The number of hydrogen-bond acceptors (Lipinski definition) is 1. The molecule has 1 N–H and O–H groups in total. The second-order valence-corrected chi connectivity index (χ2v) is 4.41. The molecule has 0 spiro atoms. The van der Waals surface area contributed by atoms with E-state index in [1.165, 1.54) is 25.7 Å². The number of rotatable bonds is 1. The van der Waals surface area contributed by atoms with Crippen molar-refractivity contribution in [3.05, 3.63) is 0 Å². The first kappa shape index (κ1) is 8.09. The first-order chi connectivity index (χ1) is 5.75. The van der Waals surface area contributed by atoms with Crippen molar-refractivity contribution < 1.29 is 9.90 Å². The summed E-state index contributed by atoms with van der Waals surface area (Å²) in [6.07, 6.45) is 7.10. The first-order valence-corrected chi connectivity index (χ1v) is 4.98. The van der Waals surface area contributed by atoms with Gasteiger partial charge in [0, 0.05) is 0 Å². The molecule has 2 aliphatic carbocycles. The summed E-state index contributed by atoms with van der Waals surface area (Å²) in [5.41, 5.74) is 0. The highest BCUT2D eigenvalue weighted by atomic mass is 16.4. The molecule has 2 fully saturated rings. The van der Waals surface area contributed by atoms with E-state index in [1.54, 1.807) is 0 Å². The van der Waals surface area contributed by atoms with Crippen molar-refractivity contribution in [1.82, 2.24) is 0 Å². The Morgan fingerprint density at radius 3 is 2.17 bits per heavy atom. The smallest absolute Gasteiger partial charge is 0.306 e. The topological polar surface area (TPSA) is 37.3 Å². The molecule has 0 aliphatic heterocycles. The molecule has 2 aliphatic rings. The van der Waals surface area contributed by atoms with Crippen LogP contribution >= 0.6 is 0 Å². The van der Waals surface area contributed by atoms with Crippen LogP contribution in [0, 0.1) is 17.8 Å². The molecule has 0 aromatic heterocycles. The van der Waals surface area contributed by atoms with Crippen LogP contribution in [0.3, 0.4) is 0 Å². The van der Waals surface area contributed by atoms with Gasteiger partial charge in [0.1, 0.15) is 0 Å². The van der Waals surface area contributed by atoms with Gasteiger partial charge in [0.05, 0.1) is 5.92 Å². The second-order valence-electron chi connectivity index (χ2n) is 4.41. The normalized spacial score (nSPS) is 40.8. The summed E-state index contributed by atoms with van der Waals surface area (Å²) in [7, 11) is 0. The van der Waals surface area contributed by atoms with Crippen LogP contribution in [0.5, 0.6) is 0 Å². The third kappa shape index (κ3) is 1.47. The molecule has 0 saturated heterocycles. The van der Waals surface area contributed by atoms with Crippen LogP contribution in [0.2, 0.25) is 0 Å². The maximum absolute atomic E-state index is 10.8. The zero-order valence-corrected chi connectivity index (χ0v) is 7.33. The zero-order valence-electron chi connectivity index (χ0n) is 7.33. The van der Waals surface area contributed by atoms with Crippen molar-refractivity contribution in [3.8, 4) is 0 Å². The van der Waals surface area contributed by atoms with E-state index in [4.69, 9.17) is 5.11 Å². The molecule has 0 radical (unpaired) electrons. The quantitative estimate of drug-likeness (QED) is 0.652. The van der Waals surface area contributed by atoms with E-state index in [2.05, 4.69) is 0 Å². The molecule has 0 aromatic carbocycles. The van der Waals surface area contributed by atoms with Gasteiger partial charge in [-0.15, -0.1) is 0 Å². The lowest BCUT2D eigenvalue weighted by molar-refractivity contribution is -0.144. The van der Waals surface area contributed by atoms with Gasteiger partial charge >= 0.3 is 5.97 Å². The average Bonchev–Trinajstić information content (AvgIpc) is 2.03. The monoisotopic (exact) mass is 168 g/mol. The minimum Gasteiger partial charge on any atom is -0.481 e. The van der Waals surface area contributed by atoms with Gasteiger partial charge in [0.2, 0.25) is 0 Å². The summed E-state index contributed by atoms with van der Waals surface area (Å²) >= 11 is 0. The van der Waals surface area contributed by atoms with Gasteiger partial charge in [-0.25, -0.2) is 0 Å². The van der Waals surface area contributed by atoms with Crippen molar-refractivity contribution in [2.45, 2.75) is 38.5 Å². The van der Waals surface area contributed by atoms with E-state index in [0.29, 0.717) is 0 Å². The summed E-state index contributed by atoms with van der Waals surface area (Å²) in [4.78, 5) is 10.8. The molecule has 2 atom stereocenters. The minimum absolute atomic E-state index is 0.0194. The van der Waals surface area contributed by atoms with E-state index in [0.717, 1.165) is 24.7 Å². The highest BCUT2D eigenvalue weighted by molar-refractivity contribution is 5.70. The fraction of sp³-hybridized carbons (Fsp3) is 0.900. The van der Waals surface area contributed by atoms with Crippen LogP contribution in [-0.2, 0) is 4.79 Å². The van der Waals surface area contributed by atoms with Crippen molar-refractivity contribution in [2.24, 2.45) is 17.8 Å². The Bertz CT molecular complexity index is 176. The molecule has 2 nitrogen and oxygen atoms in total. The van der Waals surface area contributed by atoms with Crippen LogP contribution in [0.25, 0.3) is 0 Å². The third-order valence-corrected chi connectivity index (χ3v) is 3.48. The fourth-order valence-electron chi connectivity index (χ4n) is 2.93. The molecule has 2 rings (SSSR count). The van der Waals surface area contributed by atoms with Gasteiger partial charge in [-0.1, -0.05) is 19.3 Å². The van der Waals surface area contributed by atoms with E-state index >= 15 is 0 Å². The van der Waals surface area contributed by atoms with Gasteiger partial charge in [-0.3, -0.25) is 4.79 Å².